The van der Waals surface area contributed by atoms with Crippen LogP contribution >= 0.6 is 23.2 Å². The number of hydrogen-bond acceptors (Lipinski definition) is 3. The molecule has 1 aromatic carbocycles. The first kappa shape index (κ1) is 23.2. The number of anilines is 1. The van der Waals surface area contributed by atoms with Gasteiger partial charge in [-0.25, -0.2) is 4.79 Å². The Labute approximate surface area is 189 Å². The molecule has 3 amide bonds. The van der Waals surface area contributed by atoms with Crippen LogP contribution in [0.5, 0.6) is 0 Å². The van der Waals surface area contributed by atoms with Crippen LogP contribution in [0, 0.1) is 5.92 Å². The van der Waals surface area contributed by atoms with Crippen LogP contribution in [0.1, 0.15) is 45.4 Å². The predicted octanol–water partition coefficient (Wildman–Crippen LogP) is 4.62. The van der Waals surface area contributed by atoms with Gasteiger partial charge in [0.2, 0.25) is 5.91 Å². The zero-order valence-corrected chi connectivity index (χ0v) is 19.1. The largest absolute Gasteiger partial charge is 0.335 e. The minimum atomic E-state index is -0.326. The van der Waals surface area contributed by atoms with Crippen LogP contribution < -0.4 is 10.6 Å². The van der Waals surface area contributed by atoms with Gasteiger partial charge in [-0.2, -0.15) is 0 Å². The van der Waals surface area contributed by atoms with Crippen molar-refractivity contribution in [1.29, 1.82) is 0 Å². The summed E-state index contributed by atoms with van der Waals surface area (Å²) in [4.78, 5) is 29.2. The van der Waals surface area contributed by atoms with Crippen LogP contribution in [-0.2, 0) is 4.79 Å². The fraction of sp³-hybridized carbons (Fsp3) is 0.636. The number of para-hydroxylation sites is 1. The number of halogens is 2. The van der Waals surface area contributed by atoms with Gasteiger partial charge in [0.1, 0.15) is 6.54 Å². The predicted molar refractivity (Wildman–Crippen MR) is 122 cm³/mol. The molecule has 1 saturated heterocycles. The van der Waals surface area contributed by atoms with Gasteiger partial charge < -0.3 is 20.4 Å². The smallest absolute Gasteiger partial charge is 0.318 e. The van der Waals surface area contributed by atoms with E-state index in [2.05, 4.69) is 15.5 Å². The molecule has 6 nitrogen and oxygen atoms in total. The van der Waals surface area contributed by atoms with E-state index in [9.17, 15) is 9.59 Å². The molecule has 1 aliphatic carbocycles. The average Bonchev–Trinajstić information content (AvgIpc) is 3.23. The number of hydrogen-bond donors (Lipinski definition) is 2. The van der Waals surface area contributed by atoms with E-state index in [0.717, 1.165) is 31.8 Å². The van der Waals surface area contributed by atoms with Crippen molar-refractivity contribution in [3.8, 4) is 0 Å². The molecule has 1 aliphatic heterocycles. The molecule has 0 radical (unpaired) electrons. The molecule has 2 aliphatic rings. The summed E-state index contributed by atoms with van der Waals surface area (Å²) in [5.74, 6) is 0.533. The van der Waals surface area contributed by atoms with E-state index in [0.29, 0.717) is 22.3 Å². The first-order chi connectivity index (χ1) is 14.5. The van der Waals surface area contributed by atoms with E-state index in [1.807, 2.05) is 6.92 Å². The third kappa shape index (κ3) is 6.50. The van der Waals surface area contributed by atoms with E-state index in [1.165, 1.54) is 37.1 Å². The summed E-state index contributed by atoms with van der Waals surface area (Å²) in [7, 11) is 0. The molecule has 166 valence electrons. The Hall–Kier alpha value is -1.50. The summed E-state index contributed by atoms with van der Waals surface area (Å²) in [6, 6.07) is 4.99. The Balaban J connectivity index is 1.44. The van der Waals surface area contributed by atoms with Crippen LogP contribution in [0.25, 0.3) is 0 Å². The molecule has 0 spiro atoms. The van der Waals surface area contributed by atoms with Crippen LogP contribution in [0.3, 0.4) is 0 Å². The third-order valence-electron chi connectivity index (χ3n) is 6.14. The second kappa shape index (κ2) is 11.2. The van der Waals surface area contributed by atoms with Crippen LogP contribution in [0.4, 0.5) is 10.5 Å². The molecule has 1 heterocycles. The number of likely N-dealkylation sites (tertiary alicyclic amines) is 1. The van der Waals surface area contributed by atoms with Gasteiger partial charge in [-0.3, -0.25) is 4.79 Å². The summed E-state index contributed by atoms with van der Waals surface area (Å²) >= 11 is 12.2. The SMILES string of the molecule is CCN(CC(=O)Nc1c(Cl)cccc1Cl)C(=O)NC1CCN(CC2CCCC2)CC1. The molecule has 0 bridgehead atoms. The number of rotatable bonds is 7. The molecule has 30 heavy (non-hydrogen) atoms. The van der Waals surface area contributed by atoms with Gasteiger partial charge in [-0.15, -0.1) is 0 Å². The van der Waals surface area contributed by atoms with Crippen molar-refractivity contribution < 1.29 is 9.59 Å². The quantitative estimate of drug-likeness (QED) is 0.631. The summed E-state index contributed by atoms with van der Waals surface area (Å²) in [6.45, 7) is 5.50. The van der Waals surface area contributed by atoms with E-state index in [1.54, 1.807) is 18.2 Å². The lowest BCUT2D eigenvalue weighted by Crippen LogP contribution is -2.51. The molecule has 0 aromatic heterocycles. The van der Waals surface area contributed by atoms with Crippen molar-refractivity contribution in [2.45, 2.75) is 51.5 Å². The van der Waals surface area contributed by atoms with Gasteiger partial charge >= 0.3 is 6.03 Å². The van der Waals surface area contributed by atoms with Crippen molar-refractivity contribution in [3.63, 3.8) is 0 Å². The highest BCUT2D eigenvalue weighted by Crippen LogP contribution is 2.29. The maximum absolute atomic E-state index is 12.7. The standard InChI is InChI=1S/C22H32Cl2N4O2/c1-2-28(15-20(29)26-21-18(23)8-5-9-19(21)24)22(30)25-17-10-12-27(13-11-17)14-16-6-3-4-7-16/h5,8-9,16-17H,2-4,6-7,10-15H2,1H3,(H,25,30)(H,26,29). The molecule has 0 atom stereocenters. The van der Waals surface area contributed by atoms with E-state index in [-0.39, 0.29) is 24.5 Å². The van der Waals surface area contributed by atoms with Gasteiger partial charge in [0.15, 0.2) is 0 Å². The number of piperidine rings is 1. The van der Waals surface area contributed by atoms with E-state index < -0.39 is 0 Å². The first-order valence-corrected chi connectivity index (χ1v) is 11.7. The number of benzene rings is 1. The van der Waals surface area contributed by atoms with Gasteiger partial charge in [0.25, 0.3) is 0 Å². The average molecular weight is 455 g/mol. The second-order valence-electron chi connectivity index (χ2n) is 8.33. The summed E-state index contributed by atoms with van der Waals surface area (Å²) in [6.07, 6.45) is 7.39. The molecular weight excluding hydrogens is 423 g/mol. The minimum absolute atomic E-state index is 0.0512. The Bertz CT molecular complexity index is 712. The van der Waals surface area contributed by atoms with Crippen LogP contribution in [-0.4, -0.2) is 60.5 Å². The molecule has 3 rings (SSSR count). The monoisotopic (exact) mass is 454 g/mol. The number of amides is 3. The molecule has 2 N–H and O–H groups in total. The number of carbonyl (C=O) groups excluding carboxylic acids is 2. The Morgan fingerprint density at radius 1 is 1.10 bits per heavy atom. The van der Waals surface area contributed by atoms with Crippen LogP contribution in [0.15, 0.2) is 18.2 Å². The zero-order chi connectivity index (χ0) is 21.5. The zero-order valence-electron chi connectivity index (χ0n) is 17.6. The number of urea groups is 1. The number of nitrogens with one attached hydrogen (secondary N) is 2. The van der Waals surface area contributed by atoms with Crippen molar-refractivity contribution in [3.05, 3.63) is 28.2 Å². The number of carbonyl (C=O) groups is 2. The van der Waals surface area contributed by atoms with Crippen molar-refractivity contribution >= 4 is 40.8 Å². The molecule has 0 unspecified atom stereocenters. The van der Waals surface area contributed by atoms with Crippen LogP contribution in [0.2, 0.25) is 10.0 Å². The number of nitrogens with zero attached hydrogens (tertiary/aromatic N) is 2. The van der Waals surface area contributed by atoms with Crippen molar-refractivity contribution in [2.75, 3.05) is 38.0 Å². The topological polar surface area (TPSA) is 64.7 Å². The maximum Gasteiger partial charge on any atom is 0.318 e. The van der Waals surface area contributed by atoms with E-state index in [4.69, 9.17) is 23.2 Å². The molecule has 1 aromatic rings. The Kier molecular flexibility index (Phi) is 8.66. The fourth-order valence-corrected chi connectivity index (χ4v) is 4.87. The van der Waals surface area contributed by atoms with Gasteiger partial charge in [-0.1, -0.05) is 42.1 Å². The third-order valence-corrected chi connectivity index (χ3v) is 6.77. The molecular formula is C22H32Cl2N4O2. The Morgan fingerprint density at radius 3 is 2.33 bits per heavy atom. The molecule has 1 saturated carbocycles. The Morgan fingerprint density at radius 2 is 1.73 bits per heavy atom. The second-order valence-corrected chi connectivity index (χ2v) is 9.15. The maximum atomic E-state index is 12.7. The van der Waals surface area contributed by atoms with Gasteiger partial charge in [0.05, 0.1) is 15.7 Å². The summed E-state index contributed by atoms with van der Waals surface area (Å²) in [5.41, 5.74) is 0.372. The summed E-state index contributed by atoms with van der Waals surface area (Å²) < 4.78 is 0. The van der Waals surface area contributed by atoms with Gasteiger partial charge in [-0.05, 0) is 50.7 Å². The van der Waals surface area contributed by atoms with Crippen molar-refractivity contribution in [2.24, 2.45) is 5.92 Å². The summed E-state index contributed by atoms with van der Waals surface area (Å²) in [5, 5.41) is 6.55. The highest BCUT2D eigenvalue weighted by Gasteiger charge is 2.26. The minimum Gasteiger partial charge on any atom is -0.335 e. The van der Waals surface area contributed by atoms with E-state index >= 15 is 0 Å². The first-order valence-electron chi connectivity index (χ1n) is 11.0. The lowest BCUT2D eigenvalue weighted by atomic mass is 10.0. The normalized spacial score (nSPS) is 18.4. The number of likely N-dealkylation sites (N-methyl/N-ethyl adjacent to an activating group) is 1. The fourth-order valence-electron chi connectivity index (χ4n) is 4.38. The van der Waals surface area contributed by atoms with Gasteiger partial charge in [0, 0.05) is 32.2 Å². The molecule has 2 fully saturated rings. The highest BCUT2D eigenvalue weighted by atomic mass is 35.5. The lowest BCUT2D eigenvalue weighted by Gasteiger charge is -2.34. The lowest BCUT2D eigenvalue weighted by molar-refractivity contribution is -0.116. The molecule has 8 heteroatoms. The van der Waals surface area contributed by atoms with Crippen molar-refractivity contribution in [1.82, 2.24) is 15.1 Å². The highest BCUT2D eigenvalue weighted by molar-refractivity contribution is 6.39.